The number of aromatic hydroxyl groups is 1. The molecule has 0 aliphatic rings. The van der Waals surface area contributed by atoms with Crippen molar-refractivity contribution in [2.24, 2.45) is 0 Å². The number of benzene rings is 1. The molecule has 102 valence electrons. The maximum absolute atomic E-state index is 10.5. The van der Waals surface area contributed by atoms with Crippen LogP contribution in [0, 0.1) is 0 Å². The number of phenolic OH excluding ortho intramolecular Hbond substituents is 1. The molecule has 0 atom stereocenters. The van der Waals surface area contributed by atoms with Gasteiger partial charge in [0.2, 0.25) is 0 Å². The second kappa shape index (κ2) is 6.64. The number of carboxylic acids is 1. The summed E-state index contributed by atoms with van der Waals surface area (Å²) in [6, 6.07) is 3.34. The maximum Gasteiger partial charge on any atom is 0.328 e. The molecule has 0 amide bonds. The zero-order valence-corrected chi connectivity index (χ0v) is 11.3. The molecule has 0 saturated heterocycles. The van der Waals surface area contributed by atoms with Gasteiger partial charge in [0, 0.05) is 11.6 Å². The van der Waals surface area contributed by atoms with E-state index in [2.05, 4.69) is 0 Å². The Morgan fingerprint density at radius 3 is 2.58 bits per heavy atom. The summed E-state index contributed by atoms with van der Waals surface area (Å²) in [7, 11) is 1.46. The van der Waals surface area contributed by atoms with Crippen LogP contribution in [-0.2, 0) is 11.2 Å². The van der Waals surface area contributed by atoms with E-state index in [4.69, 9.17) is 9.84 Å². The van der Waals surface area contributed by atoms with Crippen LogP contribution in [0.15, 0.2) is 29.9 Å². The molecule has 0 aliphatic carbocycles. The van der Waals surface area contributed by atoms with Crippen molar-refractivity contribution in [3.63, 3.8) is 0 Å². The van der Waals surface area contributed by atoms with Crippen molar-refractivity contribution in [2.75, 3.05) is 7.11 Å². The Balaban J connectivity index is 3.18. The van der Waals surface area contributed by atoms with Crippen molar-refractivity contribution in [3.05, 3.63) is 41.0 Å². The van der Waals surface area contributed by atoms with Gasteiger partial charge in [0.1, 0.15) is 0 Å². The molecule has 2 N–H and O–H groups in total. The second-order valence-corrected chi connectivity index (χ2v) is 4.39. The van der Waals surface area contributed by atoms with Crippen LogP contribution in [0.25, 0.3) is 6.08 Å². The Bertz CT molecular complexity index is 523. The molecule has 1 rings (SSSR count). The van der Waals surface area contributed by atoms with Crippen LogP contribution in [0.4, 0.5) is 0 Å². The smallest absolute Gasteiger partial charge is 0.328 e. The maximum atomic E-state index is 10.5. The third kappa shape index (κ3) is 4.50. The average Bonchev–Trinajstić information content (AvgIpc) is 2.35. The minimum absolute atomic E-state index is 0.0903. The predicted octanol–water partition coefficient (Wildman–Crippen LogP) is 3.01. The highest BCUT2D eigenvalue weighted by atomic mass is 16.5. The van der Waals surface area contributed by atoms with Crippen molar-refractivity contribution < 1.29 is 19.7 Å². The highest BCUT2D eigenvalue weighted by molar-refractivity contribution is 5.85. The zero-order valence-electron chi connectivity index (χ0n) is 11.3. The number of allylic oxidation sites excluding steroid dienone is 2. The van der Waals surface area contributed by atoms with E-state index in [1.807, 2.05) is 19.9 Å². The molecule has 0 heterocycles. The first-order valence-corrected chi connectivity index (χ1v) is 5.88. The number of methoxy groups -OCH3 is 1. The first-order chi connectivity index (χ1) is 8.93. The minimum Gasteiger partial charge on any atom is -0.504 e. The van der Waals surface area contributed by atoms with Crippen LogP contribution in [0.2, 0.25) is 0 Å². The lowest BCUT2D eigenvalue weighted by Crippen LogP contribution is -1.92. The van der Waals surface area contributed by atoms with Gasteiger partial charge in [-0.2, -0.15) is 0 Å². The van der Waals surface area contributed by atoms with E-state index in [-0.39, 0.29) is 5.75 Å². The molecule has 0 aliphatic heterocycles. The largest absolute Gasteiger partial charge is 0.504 e. The van der Waals surface area contributed by atoms with E-state index in [1.54, 1.807) is 12.1 Å². The van der Waals surface area contributed by atoms with E-state index in [0.717, 1.165) is 11.6 Å². The SMILES string of the molecule is COc1cc(/C=C/C(=O)O)cc(CC=C(C)C)c1O. The molecule has 0 spiro atoms. The summed E-state index contributed by atoms with van der Waals surface area (Å²) in [6.07, 6.45) is 5.07. The topological polar surface area (TPSA) is 66.8 Å². The quantitative estimate of drug-likeness (QED) is 0.632. The Morgan fingerprint density at radius 1 is 1.37 bits per heavy atom. The lowest BCUT2D eigenvalue weighted by atomic mass is 10.0. The fraction of sp³-hybridized carbons (Fsp3) is 0.267. The standard InChI is InChI=1S/C15H18O4/c1-10(2)4-6-12-8-11(5-7-14(16)17)9-13(19-3)15(12)18/h4-5,7-9,18H,6H2,1-3H3,(H,16,17)/b7-5+. The number of carboxylic acid groups (broad SMARTS) is 1. The van der Waals surface area contributed by atoms with Crippen LogP contribution >= 0.6 is 0 Å². The van der Waals surface area contributed by atoms with E-state index in [0.29, 0.717) is 23.3 Å². The first kappa shape index (κ1) is 14.8. The summed E-state index contributed by atoms with van der Waals surface area (Å²) in [4.78, 5) is 10.5. The van der Waals surface area contributed by atoms with Crippen LogP contribution < -0.4 is 4.74 Å². The van der Waals surface area contributed by atoms with Gasteiger partial charge < -0.3 is 14.9 Å². The minimum atomic E-state index is -1.02. The van der Waals surface area contributed by atoms with Gasteiger partial charge in [-0.05, 0) is 44.0 Å². The predicted molar refractivity (Wildman–Crippen MR) is 74.5 cm³/mol. The van der Waals surface area contributed by atoms with Crippen LogP contribution in [0.1, 0.15) is 25.0 Å². The highest BCUT2D eigenvalue weighted by Gasteiger charge is 2.09. The molecule has 0 aromatic heterocycles. The van der Waals surface area contributed by atoms with Crippen molar-refractivity contribution in [3.8, 4) is 11.5 Å². The molecule has 4 heteroatoms. The van der Waals surface area contributed by atoms with Crippen molar-refractivity contribution in [1.29, 1.82) is 0 Å². The molecule has 0 bridgehead atoms. The van der Waals surface area contributed by atoms with Crippen molar-refractivity contribution in [2.45, 2.75) is 20.3 Å². The van der Waals surface area contributed by atoms with Gasteiger partial charge >= 0.3 is 5.97 Å². The normalized spacial score (nSPS) is 10.5. The van der Waals surface area contributed by atoms with Gasteiger partial charge in [-0.15, -0.1) is 0 Å². The summed E-state index contributed by atoms with van der Waals surface area (Å²) < 4.78 is 5.09. The van der Waals surface area contributed by atoms with Gasteiger partial charge in [-0.25, -0.2) is 4.79 Å². The Hall–Kier alpha value is -2.23. The monoisotopic (exact) mass is 262 g/mol. The van der Waals surface area contributed by atoms with E-state index < -0.39 is 5.97 Å². The molecule has 0 radical (unpaired) electrons. The van der Waals surface area contributed by atoms with Crippen molar-refractivity contribution in [1.82, 2.24) is 0 Å². The molecule has 1 aromatic rings. The van der Waals surface area contributed by atoms with Crippen molar-refractivity contribution >= 4 is 12.0 Å². The Labute approximate surface area is 112 Å². The number of ether oxygens (including phenoxy) is 1. The van der Waals surface area contributed by atoms with Gasteiger partial charge in [0.05, 0.1) is 7.11 Å². The summed E-state index contributed by atoms with van der Waals surface area (Å²) in [5, 5.41) is 18.6. The number of phenols is 1. The fourth-order valence-corrected chi connectivity index (χ4v) is 1.58. The second-order valence-electron chi connectivity index (χ2n) is 4.39. The van der Waals surface area contributed by atoms with Gasteiger partial charge in [0.15, 0.2) is 11.5 Å². The summed E-state index contributed by atoms with van der Waals surface area (Å²) in [5.74, 6) is -0.588. The van der Waals surface area contributed by atoms with E-state index >= 15 is 0 Å². The highest BCUT2D eigenvalue weighted by Crippen LogP contribution is 2.32. The average molecular weight is 262 g/mol. The van der Waals surface area contributed by atoms with Crippen LogP contribution in [0.5, 0.6) is 11.5 Å². The molecular formula is C15H18O4. The van der Waals surface area contributed by atoms with E-state index in [1.165, 1.54) is 13.2 Å². The number of hydrogen-bond acceptors (Lipinski definition) is 3. The van der Waals surface area contributed by atoms with Gasteiger partial charge in [-0.1, -0.05) is 11.6 Å². The lowest BCUT2D eigenvalue weighted by molar-refractivity contribution is -0.131. The first-order valence-electron chi connectivity index (χ1n) is 5.88. The Kier molecular flexibility index (Phi) is 5.18. The fourth-order valence-electron chi connectivity index (χ4n) is 1.58. The lowest BCUT2D eigenvalue weighted by Gasteiger charge is -2.09. The zero-order chi connectivity index (χ0) is 14.4. The number of aliphatic carboxylic acids is 1. The molecule has 0 fully saturated rings. The molecule has 0 unspecified atom stereocenters. The van der Waals surface area contributed by atoms with Gasteiger partial charge in [0.25, 0.3) is 0 Å². The number of rotatable bonds is 5. The Morgan fingerprint density at radius 2 is 2.05 bits per heavy atom. The molecule has 19 heavy (non-hydrogen) atoms. The molecule has 0 saturated carbocycles. The number of carbonyl (C=O) groups is 1. The van der Waals surface area contributed by atoms with Gasteiger partial charge in [-0.3, -0.25) is 0 Å². The third-order valence-electron chi connectivity index (χ3n) is 2.54. The van der Waals surface area contributed by atoms with E-state index in [9.17, 15) is 9.90 Å². The summed E-state index contributed by atoms with van der Waals surface area (Å²) in [5.41, 5.74) is 2.52. The molecule has 1 aromatic carbocycles. The van der Waals surface area contributed by atoms with Crippen LogP contribution in [0.3, 0.4) is 0 Å². The third-order valence-corrected chi connectivity index (χ3v) is 2.54. The summed E-state index contributed by atoms with van der Waals surface area (Å²) in [6.45, 7) is 3.95. The summed E-state index contributed by atoms with van der Waals surface area (Å²) >= 11 is 0. The van der Waals surface area contributed by atoms with Crippen LogP contribution in [-0.4, -0.2) is 23.3 Å². The molecular weight excluding hydrogens is 244 g/mol. The molecule has 4 nitrogen and oxygen atoms in total. The number of hydrogen-bond donors (Lipinski definition) is 2.